The molecule has 1 aromatic carbocycles. The molecule has 1 aromatic rings. The van der Waals surface area contributed by atoms with Crippen LogP contribution in [-0.2, 0) is 15.1 Å². The molecule has 0 bridgehead atoms. The summed E-state index contributed by atoms with van der Waals surface area (Å²) in [6, 6.07) is 4.85. The van der Waals surface area contributed by atoms with Crippen LogP contribution in [0.25, 0.3) is 0 Å². The largest absolute Gasteiger partial charge is 0.385 e. The SMILES string of the molecule is CNC[C@@H](CC(=O)N1CCC[C@@H]([C@@](O)(CCCCOC)c2cccc(Cl)c2F)C1)CC1CCC(C)CC1. The van der Waals surface area contributed by atoms with Gasteiger partial charge < -0.3 is 20.1 Å². The molecule has 1 aliphatic heterocycles. The summed E-state index contributed by atoms with van der Waals surface area (Å²) in [7, 11) is 3.62. The Kier molecular flexibility index (Phi) is 12.1. The number of rotatable bonds is 13. The average molecular weight is 539 g/mol. The number of amides is 1. The zero-order valence-corrected chi connectivity index (χ0v) is 23.9. The van der Waals surface area contributed by atoms with E-state index in [1.54, 1.807) is 19.2 Å². The van der Waals surface area contributed by atoms with Crippen LogP contribution in [-0.4, -0.2) is 56.3 Å². The van der Waals surface area contributed by atoms with Gasteiger partial charge in [-0.25, -0.2) is 4.39 Å². The lowest BCUT2D eigenvalue weighted by atomic mass is 9.73. The monoisotopic (exact) mass is 538 g/mol. The Morgan fingerprint density at radius 2 is 2.03 bits per heavy atom. The van der Waals surface area contributed by atoms with Gasteiger partial charge in [-0.15, -0.1) is 0 Å². The number of halogens is 2. The topological polar surface area (TPSA) is 61.8 Å². The molecule has 1 heterocycles. The third-order valence-corrected chi connectivity index (χ3v) is 9.07. The first-order chi connectivity index (χ1) is 17.8. The molecule has 210 valence electrons. The van der Waals surface area contributed by atoms with Crippen molar-refractivity contribution in [2.75, 3.05) is 40.4 Å². The van der Waals surface area contributed by atoms with Crippen molar-refractivity contribution < 1.29 is 19.0 Å². The van der Waals surface area contributed by atoms with Crippen LogP contribution in [0.3, 0.4) is 0 Å². The van der Waals surface area contributed by atoms with Crippen LogP contribution in [0.2, 0.25) is 5.02 Å². The molecule has 5 nitrogen and oxygen atoms in total. The fourth-order valence-electron chi connectivity index (χ4n) is 6.57. The van der Waals surface area contributed by atoms with Crippen LogP contribution in [0.1, 0.15) is 83.1 Å². The van der Waals surface area contributed by atoms with E-state index in [-0.39, 0.29) is 22.4 Å². The summed E-state index contributed by atoms with van der Waals surface area (Å²) in [5.74, 6) is 1.20. The van der Waals surface area contributed by atoms with Gasteiger partial charge in [0.25, 0.3) is 0 Å². The normalized spacial score (nSPS) is 25.0. The van der Waals surface area contributed by atoms with Crippen LogP contribution in [0.4, 0.5) is 4.39 Å². The molecule has 1 aliphatic carbocycles. The quantitative estimate of drug-likeness (QED) is 0.295. The molecule has 3 rings (SSSR count). The number of carbonyl (C=O) groups is 1. The number of nitrogens with one attached hydrogen (secondary N) is 1. The van der Waals surface area contributed by atoms with Gasteiger partial charge in [0, 0.05) is 44.7 Å². The Labute approximate surface area is 228 Å². The maximum absolute atomic E-state index is 15.2. The van der Waals surface area contributed by atoms with Crippen molar-refractivity contribution in [2.24, 2.45) is 23.7 Å². The van der Waals surface area contributed by atoms with Gasteiger partial charge >= 0.3 is 0 Å². The first-order valence-electron chi connectivity index (χ1n) is 14.4. The van der Waals surface area contributed by atoms with Crippen molar-refractivity contribution in [1.29, 1.82) is 0 Å². The van der Waals surface area contributed by atoms with Gasteiger partial charge in [-0.2, -0.15) is 0 Å². The predicted molar refractivity (Wildman–Crippen MR) is 148 cm³/mol. The third kappa shape index (κ3) is 8.39. The van der Waals surface area contributed by atoms with E-state index in [0.29, 0.717) is 50.8 Å². The minimum absolute atomic E-state index is 0.0172. The van der Waals surface area contributed by atoms with E-state index < -0.39 is 11.4 Å². The van der Waals surface area contributed by atoms with Crippen LogP contribution in [0, 0.1) is 29.5 Å². The summed E-state index contributed by atoms with van der Waals surface area (Å²) in [4.78, 5) is 15.4. The lowest BCUT2D eigenvalue weighted by molar-refractivity contribution is -0.138. The molecule has 1 amide bonds. The van der Waals surface area contributed by atoms with E-state index in [9.17, 15) is 9.90 Å². The summed E-state index contributed by atoms with van der Waals surface area (Å²) in [6.07, 6.45) is 10.2. The van der Waals surface area contributed by atoms with Crippen molar-refractivity contribution in [3.8, 4) is 0 Å². The van der Waals surface area contributed by atoms with Gasteiger partial charge in [0.1, 0.15) is 5.82 Å². The third-order valence-electron chi connectivity index (χ3n) is 8.78. The van der Waals surface area contributed by atoms with Crippen LogP contribution in [0.15, 0.2) is 18.2 Å². The molecular weight excluding hydrogens is 491 g/mol. The molecule has 1 saturated heterocycles. The second kappa shape index (κ2) is 14.8. The zero-order chi connectivity index (χ0) is 26.8. The summed E-state index contributed by atoms with van der Waals surface area (Å²) < 4.78 is 20.4. The first-order valence-corrected chi connectivity index (χ1v) is 14.7. The van der Waals surface area contributed by atoms with E-state index in [4.69, 9.17) is 16.3 Å². The second-order valence-electron chi connectivity index (χ2n) is 11.6. The Hall–Kier alpha value is -1.21. The number of nitrogens with zero attached hydrogens (tertiary/aromatic N) is 1. The summed E-state index contributed by atoms with van der Waals surface area (Å²) in [5.41, 5.74) is -1.14. The highest BCUT2D eigenvalue weighted by Gasteiger charge is 2.43. The molecule has 0 unspecified atom stereocenters. The van der Waals surface area contributed by atoms with Gasteiger partial charge in [-0.1, -0.05) is 56.3 Å². The number of hydrogen-bond donors (Lipinski definition) is 2. The van der Waals surface area contributed by atoms with Crippen LogP contribution < -0.4 is 5.32 Å². The Morgan fingerprint density at radius 3 is 2.73 bits per heavy atom. The maximum atomic E-state index is 15.2. The molecular formula is C30H48ClFN2O3. The molecule has 37 heavy (non-hydrogen) atoms. The van der Waals surface area contributed by atoms with Crippen molar-refractivity contribution >= 4 is 17.5 Å². The number of methoxy groups -OCH3 is 1. The highest BCUT2D eigenvalue weighted by Crippen LogP contribution is 2.42. The molecule has 7 heteroatoms. The van der Waals surface area contributed by atoms with Gasteiger partial charge in [0.15, 0.2) is 0 Å². The molecule has 0 radical (unpaired) electrons. The van der Waals surface area contributed by atoms with E-state index in [1.165, 1.54) is 31.7 Å². The van der Waals surface area contributed by atoms with Crippen molar-refractivity contribution in [1.82, 2.24) is 10.2 Å². The summed E-state index contributed by atoms with van der Waals surface area (Å²) in [5, 5.41) is 15.3. The van der Waals surface area contributed by atoms with Gasteiger partial charge in [-0.3, -0.25) is 4.79 Å². The first kappa shape index (κ1) is 30.3. The number of carbonyl (C=O) groups excluding carboxylic acids is 1. The highest BCUT2D eigenvalue weighted by molar-refractivity contribution is 6.30. The van der Waals surface area contributed by atoms with Crippen molar-refractivity contribution in [2.45, 2.75) is 83.2 Å². The summed E-state index contributed by atoms with van der Waals surface area (Å²) >= 11 is 6.12. The van der Waals surface area contributed by atoms with Gasteiger partial charge in [0.05, 0.1) is 10.6 Å². The smallest absolute Gasteiger partial charge is 0.222 e. The van der Waals surface area contributed by atoms with Gasteiger partial charge in [0.2, 0.25) is 5.91 Å². The number of unbranched alkanes of at least 4 members (excludes halogenated alkanes) is 1. The number of benzene rings is 1. The molecule has 2 aliphatic rings. The lowest BCUT2D eigenvalue weighted by Gasteiger charge is -2.43. The fraction of sp³-hybridized carbons (Fsp3) is 0.767. The van der Waals surface area contributed by atoms with Crippen molar-refractivity contribution in [3.05, 3.63) is 34.6 Å². The molecule has 2 N–H and O–H groups in total. The zero-order valence-electron chi connectivity index (χ0n) is 23.1. The summed E-state index contributed by atoms with van der Waals surface area (Å²) in [6.45, 7) is 4.91. The van der Waals surface area contributed by atoms with Crippen LogP contribution >= 0.6 is 11.6 Å². The van der Waals surface area contributed by atoms with Crippen LogP contribution in [0.5, 0.6) is 0 Å². The minimum Gasteiger partial charge on any atom is -0.385 e. The maximum Gasteiger partial charge on any atom is 0.222 e. The fourth-order valence-corrected chi connectivity index (χ4v) is 6.75. The number of likely N-dealkylation sites (tertiary alicyclic amines) is 1. The van der Waals surface area contributed by atoms with E-state index >= 15 is 4.39 Å². The standard InChI is InChI=1S/C30H48ClFN2O3/c1-22-11-13-23(14-12-22)18-24(20-33-2)19-28(35)34-16-7-8-25(21-34)30(36,15-4-5-17-37-3)26-9-6-10-27(31)29(26)32/h6,9-10,22-25,33,36H,4-5,7-8,11-21H2,1-3H3/t22?,23?,24-,25-,30+/m1/s1. The average Bonchev–Trinajstić information content (AvgIpc) is 2.89. The Morgan fingerprint density at radius 1 is 1.27 bits per heavy atom. The van der Waals surface area contributed by atoms with E-state index in [0.717, 1.165) is 38.1 Å². The minimum atomic E-state index is -1.38. The molecule has 2 fully saturated rings. The number of piperidine rings is 1. The molecule has 3 atom stereocenters. The molecule has 1 saturated carbocycles. The number of aliphatic hydroxyl groups is 1. The lowest BCUT2D eigenvalue weighted by Crippen LogP contribution is -2.49. The second-order valence-corrected chi connectivity index (χ2v) is 12.1. The van der Waals surface area contributed by atoms with E-state index in [2.05, 4.69) is 12.2 Å². The number of hydrogen-bond acceptors (Lipinski definition) is 4. The predicted octanol–water partition coefficient (Wildman–Crippen LogP) is 6.16. The van der Waals surface area contributed by atoms with E-state index in [1.807, 2.05) is 11.9 Å². The Bertz CT molecular complexity index is 848. The number of ether oxygens (including phenoxy) is 1. The highest BCUT2D eigenvalue weighted by atomic mass is 35.5. The van der Waals surface area contributed by atoms with Gasteiger partial charge in [-0.05, 0) is 75.9 Å². The molecule has 0 aromatic heterocycles. The molecule has 0 spiro atoms. The Balaban J connectivity index is 1.70. The van der Waals surface area contributed by atoms with Crippen molar-refractivity contribution in [3.63, 3.8) is 0 Å².